The van der Waals surface area contributed by atoms with Crippen LogP contribution in [0.2, 0.25) is 5.15 Å². The largest absolute Gasteiger partial charge is 0.302 e. The molecule has 1 aliphatic heterocycles. The third-order valence-electron chi connectivity index (χ3n) is 3.10. The van der Waals surface area contributed by atoms with Gasteiger partial charge >= 0.3 is 0 Å². The Morgan fingerprint density at radius 3 is 2.71 bits per heavy atom. The van der Waals surface area contributed by atoms with Gasteiger partial charge in [-0.1, -0.05) is 11.6 Å². The van der Waals surface area contributed by atoms with Gasteiger partial charge in [0.2, 0.25) is 0 Å². The molecule has 2 heterocycles. The lowest BCUT2D eigenvalue weighted by Gasteiger charge is -2.20. The van der Waals surface area contributed by atoms with Gasteiger partial charge in [-0.15, -0.1) is 0 Å². The molecule has 0 aliphatic carbocycles. The molecular formula is C12H19ClN4. The first-order chi connectivity index (χ1) is 8.24. The van der Waals surface area contributed by atoms with E-state index in [1.54, 1.807) is 12.4 Å². The maximum atomic E-state index is 5.70. The van der Waals surface area contributed by atoms with E-state index in [1.165, 1.54) is 25.9 Å². The van der Waals surface area contributed by atoms with Crippen molar-refractivity contribution in [2.24, 2.45) is 0 Å². The molecule has 0 unspecified atom stereocenters. The molecule has 1 aromatic rings. The molecule has 4 nitrogen and oxygen atoms in total. The number of likely N-dealkylation sites (N-methyl/N-ethyl adjacent to an activating group) is 1. The van der Waals surface area contributed by atoms with Gasteiger partial charge in [0.25, 0.3) is 0 Å². The van der Waals surface area contributed by atoms with Crippen LogP contribution in [0.15, 0.2) is 12.4 Å². The van der Waals surface area contributed by atoms with Gasteiger partial charge in [0.15, 0.2) is 0 Å². The summed E-state index contributed by atoms with van der Waals surface area (Å²) in [5.41, 5.74) is 0.971. The highest BCUT2D eigenvalue weighted by Crippen LogP contribution is 2.07. The van der Waals surface area contributed by atoms with E-state index < -0.39 is 0 Å². The summed E-state index contributed by atoms with van der Waals surface area (Å²) >= 11 is 5.70. The molecule has 0 N–H and O–H groups in total. The van der Waals surface area contributed by atoms with E-state index in [2.05, 4.69) is 26.8 Å². The van der Waals surface area contributed by atoms with Crippen molar-refractivity contribution >= 4 is 11.6 Å². The zero-order chi connectivity index (χ0) is 12.1. The van der Waals surface area contributed by atoms with Gasteiger partial charge in [0, 0.05) is 19.6 Å². The van der Waals surface area contributed by atoms with Gasteiger partial charge in [0.1, 0.15) is 5.15 Å². The predicted octanol–water partition coefficient (Wildman–Crippen LogP) is 1.66. The Kier molecular flexibility index (Phi) is 4.71. The molecule has 5 heteroatoms. The second-order valence-corrected chi connectivity index (χ2v) is 5.00. The molecule has 0 spiro atoms. The van der Waals surface area contributed by atoms with E-state index in [4.69, 9.17) is 11.6 Å². The van der Waals surface area contributed by atoms with Gasteiger partial charge < -0.3 is 4.90 Å². The lowest BCUT2D eigenvalue weighted by molar-refractivity contribution is 0.250. The van der Waals surface area contributed by atoms with Crippen molar-refractivity contribution in [3.8, 4) is 0 Å². The molecular weight excluding hydrogens is 236 g/mol. The summed E-state index contributed by atoms with van der Waals surface area (Å²) in [4.78, 5) is 13.1. The Hall–Kier alpha value is -0.710. The number of likely N-dealkylation sites (tertiary alicyclic amines) is 1. The molecule has 0 atom stereocenters. The van der Waals surface area contributed by atoms with E-state index in [0.717, 1.165) is 25.3 Å². The summed E-state index contributed by atoms with van der Waals surface area (Å²) in [7, 11) is 2.12. The summed E-state index contributed by atoms with van der Waals surface area (Å²) in [6.45, 7) is 5.57. The van der Waals surface area contributed by atoms with Crippen molar-refractivity contribution in [1.82, 2.24) is 19.8 Å². The summed E-state index contributed by atoms with van der Waals surface area (Å²) in [5, 5.41) is 0.452. The first-order valence-electron chi connectivity index (χ1n) is 6.11. The van der Waals surface area contributed by atoms with Crippen molar-refractivity contribution in [3.05, 3.63) is 23.2 Å². The normalized spacial score (nSPS) is 16.9. The van der Waals surface area contributed by atoms with E-state index in [0.29, 0.717) is 5.15 Å². The van der Waals surface area contributed by atoms with Crippen LogP contribution >= 0.6 is 11.6 Å². The standard InChI is InChI=1S/C12H19ClN4/c1-16(6-7-17-4-2-3-5-17)10-11-8-15-12(13)9-14-11/h8-9H,2-7,10H2,1H3. The minimum absolute atomic E-state index is 0.452. The SMILES string of the molecule is CN(CCN1CCCC1)Cc1cnc(Cl)cn1. The Morgan fingerprint density at radius 2 is 2.06 bits per heavy atom. The Labute approximate surface area is 108 Å². The first-order valence-corrected chi connectivity index (χ1v) is 6.49. The number of rotatable bonds is 5. The maximum Gasteiger partial charge on any atom is 0.147 e. The number of aromatic nitrogens is 2. The van der Waals surface area contributed by atoms with Crippen molar-refractivity contribution in [2.75, 3.05) is 33.2 Å². The quantitative estimate of drug-likeness (QED) is 0.800. The van der Waals surface area contributed by atoms with Crippen LogP contribution in [0.1, 0.15) is 18.5 Å². The molecule has 0 aromatic carbocycles. The van der Waals surface area contributed by atoms with E-state index in [1.807, 2.05) is 0 Å². The first kappa shape index (κ1) is 12.7. The summed E-state index contributed by atoms with van der Waals surface area (Å²) in [6.07, 6.45) is 6.05. The average Bonchev–Trinajstić information content (AvgIpc) is 2.83. The lowest BCUT2D eigenvalue weighted by atomic mass is 10.4. The van der Waals surface area contributed by atoms with Crippen LogP contribution in [0, 0.1) is 0 Å². The minimum atomic E-state index is 0.452. The van der Waals surface area contributed by atoms with Crippen LogP contribution < -0.4 is 0 Å². The summed E-state index contributed by atoms with van der Waals surface area (Å²) in [6, 6.07) is 0. The number of nitrogens with zero attached hydrogens (tertiary/aromatic N) is 4. The van der Waals surface area contributed by atoms with Gasteiger partial charge in [0.05, 0.1) is 18.1 Å². The van der Waals surface area contributed by atoms with Crippen LogP contribution in [-0.4, -0.2) is 53.0 Å². The van der Waals surface area contributed by atoms with Crippen molar-refractivity contribution in [2.45, 2.75) is 19.4 Å². The number of hydrogen-bond donors (Lipinski definition) is 0. The number of hydrogen-bond acceptors (Lipinski definition) is 4. The van der Waals surface area contributed by atoms with Crippen LogP contribution in [0.5, 0.6) is 0 Å². The van der Waals surface area contributed by atoms with Crippen LogP contribution in [-0.2, 0) is 6.54 Å². The molecule has 1 aromatic heterocycles. The molecule has 0 bridgehead atoms. The van der Waals surface area contributed by atoms with E-state index in [-0.39, 0.29) is 0 Å². The molecule has 1 fully saturated rings. The number of halogens is 1. The van der Waals surface area contributed by atoms with E-state index >= 15 is 0 Å². The van der Waals surface area contributed by atoms with Gasteiger partial charge in [-0.2, -0.15) is 0 Å². The van der Waals surface area contributed by atoms with Gasteiger partial charge in [-0.25, -0.2) is 4.98 Å². The van der Waals surface area contributed by atoms with Gasteiger partial charge in [-0.3, -0.25) is 9.88 Å². The molecule has 94 valence electrons. The van der Waals surface area contributed by atoms with E-state index in [9.17, 15) is 0 Å². The predicted molar refractivity (Wildman–Crippen MR) is 69.1 cm³/mol. The fraction of sp³-hybridized carbons (Fsp3) is 0.667. The third-order valence-corrected chi connectivity index (χ3v) is 3.30. The topological polar surface area (TPSA) is 32.3 Å². The smallest absolute Gasteiger partial charge is 0.147 e. The second-order valence-electron chi connectivity index (χ2n) is 4.62. The van der Waals surface area contributed by atoms with Crippen molar-refractivity contribution < 1.29 is 0 Å². The molecule has 2 rings (SSSR count). The van der Waals surface area contributed by atoms with Crippen LogP contribution in [0.4, 0.5) is 0 Å². The van der Waals surface area contributed by atoms with Gasteiger partial charge in [-0.05, 0) is 33.0 Å². The highest BCUT2D eigenvalue weighted by Gasteiger charge is 2.11. The summed E-state index contributed by atoms with van der Waals surface area (Å²) < 4.78 is 0. The summed E-state index contributed by atoms with van der Waals surface area (Å²) in [5.74, 6) is 0. The second kappa shape index (κ2) is 6.28. The molecule has 17 heavy (non-hydrogen) atoms. The van der Waals surface area contributed by atoms with Crippen molar-refractivity contribution in [1.29, 1.82) is 0 Å². The Bertz CT molecular complexity index is 335. The molecule has 0 saturated carbocycles. The Morgan fingerprint density at radius 1 is 1.29 bits per heavy atom. The molecule has 1 aliphatic rings. The average molecular weight is 255 g/mol. The minimum Gasteiger partial charge on any atom is -0.302 e. The molecule has 0 amide bonds. The maximum absolute atomic E-state index is 5.70. The molecule has 0 radical (unpaired) electrons. The highest BCUT2D eigenvalue weighted by atomic mass is 35.5. The Balaban J connectivity index is 1.72. The fourth-order valence-corrected chi connectivity index (χ4v) is 2.19. The third kappa shape index (κ3) is 4.22. The zero-order valence-corrected chi connectivity index (χ0v) is 11.0. The lowest BCUT2D eigenvalue weighted by Crippen LogP contribution is -2.31. The fourth-order valence-electron chi connectivity index (χ4n) is 2.09. The van der Waals surface area contributed by atoms with Crippen LogP contribution in [0.25, 0.3) is 0 Å². The highest BCUT2D eigenvalue weighted by molar-refractivity contribution is 6.29. The van der Waals surface area contributed by atoms with Crippen molar-refractivity contribution in [3.63, 3.8) is 0 Å². The monoisotopic (exact) mass is 254 g/mol. The molecule has 1 saturated heterocycles. The zero-order valence-electron chi connectivity index (χ0n) is 10.3. The van der Waals surface area contributed by atoms with Crippen LogP contribution in [0.3, 0.4) is 0 Å².